The molecule has 1 saturated carbocycles. The molecule has 0 N–H and O–H groups in total. The van der Waals surface area contributed by atoms with Gasteiger partial charge in [0.2, 0.25) is 0 Å². The van der Waals surface area contributed by atoms with Gasteiger partial charge in [0.1, 0.15) is 11.1 Å². The van der Waals surface area contributed by atoms with E-state index in [0.29, 0.717) is 0 Å². The van der Waals surface area contributed by atoms with E-state index >= 15 is 0 Å². The minimum atomic E-state index is -1.68. The van der Waals surface area contributed by atoms with E-state index in [4.69, 9.17) is 37.9 Å². The van der Waals surface area contributed by atoms with Crippen molar-refractivity contribution >= 4 is 35.8 Å². The third kappa shape index (κ3) is 10.3. The van der Waals surface area contributed by atoms with E-state index in [2.05, 4.69) is 0 Å². The summed E-state index contributed by atoms with van der Waals surface area (Å²) in [5, 5.41) is 24.3. The third-order valence-electron chi connectivity index (χ3n) is 8.66. The summed E-state index contributed by atoms with van der Waals surface area (Å²) in [6.07, 6.45) is 12.4. The number of hydrogen-bond donors (Lipinski definition) is 0. The van der Waals surface area contributed by atoms with Gasteiger partial charge in [-0.2, -0.15) is 0 Å². The number of carbonyl (C=O) groups is 6. The van der Waals surface area contributed by atoms with Crippen molar-refractivity contribution in [2.24, 2.45) is 0 Å². The number of allylic oxidation sites excluding steroid dienone is 8. The van der Waals surface area contributed by atoms with E-state index in [1.165, 1.54) is 50.3 Å². The fourth-order valence-electron chi connectivity index (χ4n) is 5.31. The van der Waals surface area contributed by atoms with Crippen LogP contribution in [0.2, 0.25) is 0 Å². The molecule has 2 spiro atoms. The first kappa shape index (κ1) is 45.6. The van der Waals surface area contributed by atoms with Gasteiger partial charge < -0.3 is 48.1 Å². The fourth-order valence-corrected chi connectivity index (χ4v) is 5.31. The van der Waals surface area contributed by atoms with Crippen molar-refractivity contribution < 1.29 is 180 Å². The van der Waals surface area contributed by atoms with Crippen LogP contribution in [-0.2, 0) is 66.7 Å². The van der Waals surface area contributed by atoms with Crippen LogP contribution in [0.1, 0.15) is 66.2 Å². The molecule has 4 aliphatic heterocycles. The molecule has 2 saturated heterocycles. The Morgan fingerprint density at radius 1 is 0.481 bits per heavy atom. The smallest absolute Gasteiger partial charge is 0.574 e. The molecule has 0 amide bonds. The molecule has 0 aromatic rings. The van der Waals surface area contributed by atoms with Crippen LogP contribution in [0.15, 0.2) is 94.9 Å². The predicted octanol–water partition coefficient (Wildman–Crippen LogP) is -4.22. The van der Waals surface area contributed by atoms with Gasteiger partial charge in [-0.25, -0.2) is 28.8 Å². The number of esters is 6. The molecule has 5 aliphatic rings. The molecule has 0 aromatic heterocycles. The Labute approximate surface area is 394 Å². The SMILES string of the molecule is CCC1(C)OC(=O)C(/C=C/C=C/C=C2C(=O)OC3(CCC4(CC3)OC(=O)C(=C/C=C/C=C/C3=C([O-])OC(C)(CC)OC3=O)C(=O)O4)OC2=O)=C([O-])O1.[K+].[K+]. The molecule has 16 nitrogen and oxygen atoms in total. The molecule has 2 unspecified atom stereocenters. The average Bonchev–Trinajstić information content (AvgIpc) is 3.06. The van der Waals surface area contributed by atoms with Crippen LogP contribution in [0.25, 0.3) is 0 Å². The first-order valence-corrected chi connectivity index (χ1v) is 16.3. The summed E-state index contributed by atoms with van der Waals surface area (Å²) < 4.78 is 42.4. The van der Waals surface area contributed by atoms with Crippen LogP contribution in [0.4, 0.5) is 0 Å². The van der Waals surface area contributed by atoms with Gasteiger partial charge in [0.25, 0.3) is 11.6 Å². The Hall–Kier alpha value is -2.79. The first-order chi connectivity index (χ1) is 24.5. The van der Waals surface area contributed by atoms with E-state index in [-0.39, 0.29) is 152 Å². The van der Waals surface area contributed by atoms with Crippen LogP contribution < -0.4 is 113 Å². The number of ether oxygens (including phenoxy) is 8. The molecule has 2 atom stereocenters. The Kier molecular flexibility index (Phi) is 15.6. The molecule has 276 valence electrons. The van der Waals surface area contributed by atoms with Gasteiger partial charge in [-0.05, 0) is 51.0 Å². The minimum Gasteiger partial charge on any atom is -0.574 e. The molecule has 0 bridgehead atoms. The zero-order valence-corrected chi connectivity index (χ0v) is 36.8. The summed E-state index contributed by atoms with van der Waals surface area (Å²) in [5.41, 5.74) is -1.52. The van der Waals surface area contributed by atoms with E-state index in [9.17, 15) is 39.0 Å². The topological polar surface area (TPSA) is 222 Å². The van der Waals surface area contributed by atoms with Crippen molar-refractivity contribution in [3.63, 3.8) is 0 Å². The van der Waals surface area contributed by atoms with Crippen LogP contribution in [0.3, 0.4) is 0 Å². The molecule has 54 heavy (non-hydrogen) atoms. The first-order valence-electron chi connectivity index (χ1n) is 16.3. The van der Waals surface area contributed by atoms with Crippen molar-refractivity contribution in [2.75, 3.05) is 0 Å². The standard InChI is InChI=1S/C36H36O16.2K/c1-5-33(3)45-25(37)21(26(38)46-33)13-9-7-11-15-23-29(41)49-35(50-30(23)42)17-19-36(20-18-35)51-31(43)24(32(44)52-36)16-12-8-10-14-22-27(39)47-34(4,6-2)48-28(22)40;;/h7-16,37,39H,5-6,17-20H2,1-4H3;;/q;2*+1/p-2/b11-7+,12-8+,13-9+,14-10+,23-15?,24-16?;;. The predicted molar refractivity (Wildman–Crippen MR) is 167 cm³/mol. The van der Waals surface area contributed by atoms with Gasteiger partial charge in [-0.15, -0.1) is 0 Å². The Balaban J connectivity index is 0.00000392. The van der Waals surface area contributed by atoms with Gasteiger partial charge in [-0.3, -0.25) is 0 Å². The maximum Gasteiger partial charge on any atom is 1.00 e. The van der Waals surface area contributed by atoms with Crippen LogP contribution >= 0.6 is 0 Å². The van der Waals surface area contributed by atoms with Crippen molar-refractivity contribution in [1.82, 2.24) is 0 Å². The van der Waals surface area contributed by atoms with E-state index < -0.39 is 82.0 Å². The zero-order chi connectivity index (χ0) is 37.9. The van der Waals surface area contributed by atoms with Crippen molar-refractivity contribution in [1.29, 1.82) is 0 Å². The van der Waals surface area contributed by atoms with Crippen LogP contribution in [0, 0.1) is 0 Å². The molecular weight excluding hydrogens is 767 g/mol. The molecular formula is C36H34K2O16. The summed E-state index contributed by atoms with van der Waals surface area (Å²) in [5.74, 6) is -13.4. The second-order valence-electron chi connectivity index (χ2n) is 12.4. The molecule has 0 radical (unpaired) electrons. The van der Waals surface area contributed by atoms with Gasteiger partial charge in [-0.1, -0.05) is 50.3 Å². The number of rotatable bonds is 8. The van der Waals surface area contributed by atoms with Gasteiger partial charge in [0.15, 0.2) is 11.6 Å². The average molecular weight is 801 g/mol. The van der Waals surface area contributed by atoms with Crippen LogP contribution in [-0.4, -0.2) is 59.0 Å². The summed E-state index contributed by atoms with van der Waals surface area (Å²) in [7, 11) is 0. The minimum absolute atomic E-state index is 0. The zero-order valence-electron chi connectivity index (χ0n) is 30.5. The summed E-state index contributed by atoms with van der Waals surface area (Å²) in [6, 6.07) is 0. The third-order valence-corrected chi connectivity index (χ3v) is 8.66. The molecule has 3 fully saturated rings. The molecule has 1 aliphatic carbocycles. The Bertz CT molecular complexity index is 1660. The van der Waals surface area contributed by atoms with Crippen molar-refractivity contribution in [3.8, 4) is 0 Å². The quantitative estimate of drug-likeness (QED) is 0.0567. The van der Waals surface area contributed by atoms with E-state index in [1.54, 1.807) is 13.8 Å². The molecule has 0 aromatic carbocycles. The Morgan fingerprint density at radius 2 is 0.796 bits per heavy atom. The van der Waals surface area contributed by atoms with E-state index in [1.807, 2.05) is 0 Å². The molecule has 4 heterocycles. The summed E-state index contributed by atoms with van der Waals surface area (Å²) >= 11 is 0. The monoisotopic (exact) mass is 800 g/mol. The fraction of sp³-hybridized carbons (Fsp3) is 0.389. The number of carbonyl (C=O) groups excluding carboxylic acids is 6. The maximum atomic E-state index is 12.8. The van der Waals surface area contributed by atoms with Gasteiger partial charge in [0, 0.05) is 25.7 Å². The van der Waals surface area contributed by atoms with Gasteiger partial charge >= 0.3 is 139 Å². The largest absolute Gasteiger partial charge is 1.00 e. The number of cyclic esters (lactones) is 2. The maximum absolute atomic E-state index is 12.8. The van der Waals surface area contributed by atoms with Crippen molar-refractivity contribution in [3.05, 3.63) is 94.9 Å². The Morgan fingerprint density at radius 3 is 1.07 bits per heavy atom. The number of hydrogen-bond acceptors (Lipinski definition) is 16. The van der Waals surface area contributed by atoms with Crippen LogP contribution in [0.5, 0.6) is 0 Å². The molecule has 5 rings (SSSR count). The van der Waals surface area contributed by atoms with E-state index in [0.717, 1.165) is 24.3 Å². The van der Waals surface area contributed by atoms with Crippen molar-refractivity contribution in [2.45, 2.75) is 89.4 Å². The molecule has 18 heteroatoms. The summed E-state index contributed by atoms with van der Waals surface area (Å²) in [4.78, 5) is 75.4. The second-order valence-corrected chi connectivity index (χ2v) is 12.4. The summed E-state index contributed by atoms with van der Waals surface area (Å²) in [6.45, 7) is 6.31. The normalized spacial score (nSPS) is 30.0. The van der Waals surface area contributed by atoms with Gasteiger partial charge in [0.05, 0.1) is 23.0 Å². The second kappa shape index (κ2) is 18.4.